The number of aliphatic imine (C=N–C) groups is 1. The minimum absolute atomic E-state index is 0.603. The van der Waals surface area contributed by atoms with Gasteiger partial charge in [-0.15, -0.1) is 11.8 Å². The highest BCUT2D eigenvalue weighted by atomic mass is 32.2. The van der Waals surface area contributed by atoms with E-state index >= 15 is 0 Å². The minimum Gasteiger partial charge on any atom is -0.356 e. The normalized spacial score (nSPS) is 19.9. The summed E-state index contributed by atoms with van der Waals surface area (Å²) in [5.41, 5.74) is 3.26. The first-order chi connectivity index (χ1) is 10.7. The van der Waals surface area contributed by atoms with E-state index in [4.69, 9.17) is 0 Å². The summed E-state index contributed by atoms with van der Waals surface area (Å²) in [6.45, 7) is 4.05. The lowest BCUT2D eigenvalue weighted by Gasteiger charge is -2.18. The molecule has 2 aliphatic rings. The highest BCUT2D eigenvalue weighted by Gasteiger charge is 2.53. The van der Waals surface area contributed by atoms with E-state index in [1.165, 1.54) is 41.7 Å². The second-order valence-electron chi connectivity index (χ2n) is 6.73. The van der Waals surface area contributed by atoms with Gasteiger partial charge in [-0.05, 0) is 67.4 Å². The maximum atomic E-state index is 4.37. The van der Waals surface area contributed by atoms with Crippen molar-refractivity contribution in [3.63, 3.8) is 0 Å². The van der Waals surface area contributed by atoms with Crippen molar-refractivity contribution in [3.05, 3.63) is 29.3 Å². The number of rotatable bonds is 6. The molecule has 4 heteroatoms. The second kappa shape index (κ2) is 6.53. The molecule has 0 unspecified atom stereocenters. The zero-order valence-corrected chi connectivity index (χ0v) is 14.7. The van der Waals surface area contributed by atoms with E-state index in [-0.39, 0.29) is 0 Å². The van der Waals surface area contributed by atoms with Crippen LogP contribution in [-0.4, -0.2) is 25.8 Å². The fraction of sp³-hybridized carbons (Fsp3) is 0.611. The molecule has 120 valence electrons. The van der Waals surface area contributed by atoms with Crippen LogP contribution in [0, 0.1) is 18.3 Å². The van der Waals surface area contributed by atoms with Crippen LogP contribution in [-0.2, 0) is 6.54 Å². The Kier molecular flexibility index (Phi) is 4.67. The second-order valence-corrected chi connectivity index (χ2v) is 7.58. The van der Waals surface area contributed by atoms with Crippen molar-refractivity contribution in [2.24, 2.45) is 16.3 Å². The van der Waals surface area contributed by atoms with Gasteiger partial charge in [0.2, 0.25) is 0 Å². The average Bonchev–Trinajstić information content (AvgIpc) is 3.40. The van der Waals surface area contributed by atoms with Crippen LogP contribution < -0.4 is 10.6 Å². The molecular formula is C18H27N3S. The maximum Gasteiger partial charge on any atom is 0.191 e. The number of thioether (sulfide) groups is 1. The molecule has 2 N–H and O–H groups in total. The van der Waals surface area contributed by atoms with Crippen LogP contribution in [0.2, 0.25) is 0 Å². The van der Waals surface area contributed by atoms with E-state index in [0.717, 1.165) is 25.0 Å². The molecule has 0 saturated heterocycles. The fourth-order valence-corrected chi connectivity index (χ4v) is 3.95. The molecule has 2 aliphatic carbocycles. The van der Waals surface area contributed by atoms with Crippen LogP contribution in [0.4, 0.5) is 0 Å². The van der Waals surface area contributed by atoms with Gasteiger partial charge < -0.3 is 10.6 Å². The number of nitrogens with one attached hydrogen (secondary N) is 2. The van der Waals surface area contributed by atoms with Crippen molar-refractivity contribution in [2.75, 3.05) is 19.8 Å². The molecule has 0 radical (unpaired) electrons. The van der Waals surface area contributed by atoms with Crippen LogP contribution in [0.25, 0.3) is 0 Å². The van der Waals surface area contributed by atoms with Gasteiger partial charge in [-0.2, -0.15) is 0 Å². The summed E-state index contributed by atoms with van der Waals surface area (Å²) in [5, 5.41) is 7.01. The Hall–Kier alpha value is -1.16. The largest absolute Gasteiger partial charge is 0.356 e. The molecule has 0 bridgehead atoms. The number of guanidine groups is 1. The monoisotopic (exact) mass is 317 g/mol. The average molecular weight is 318 g/mol. The first-order valence-corrected chi connectivity index (χ1v) is 9.47. The summed E-state index contributed by atoms with van der Waals surface area (Å²) < 4.78 is 0. The first-order valence-electron chi connectivity index (χ1n) is 8.25. The molecule has 2 saturated carbocycles. The predicted octanol–water partition coefficient (Wildman–Crippen LogP) is 3.57. The highest BCUT2D eigenvalue weighted by molar-refractivity contribution is 7.98. The van der Waals surface area contributed by atoms with E-state index in [1.807, 2.05) is 18.8 Å². The number of nitrogens with zero attached hydrogens (tertiary/aromatic N) is 1. The van der Waals surface area contributed by atoms with Crippen LogP contribution >= 0.6 is 11.8 Å². The SMILES string of the molecule is CN=C(NCc1ccc(C)cc1SC)NCC1(C2CC2)CC1. The minimum atomic E-state index is 0.603. The van der Waals surface area contributed by atoms with Crippen molar-refractivity contribution in [1.29, 1.82) is 0 Å². The maximum absolute atomic E-state index is 4.37. The van der Waals surface area contributed by atoms with Crippen LogP contribution in [0.1, 0.15) is 36.8 Å². The molecule has 0 atom stereocenters. The smallest absolute Gasteiger partial charge is 0.191 e. The zero-order valence-electron chi connectivity index (χ0n) is 13.9. The zero-order chi connectivity index (χ0) is 15.6. The van der Waals surface area contributed by atoms with E-state index in [0.29, 0.717) is 5.41 Å². The van der Waals surface area contributed by atoms with Gasteiger partial charge in [0.05, 0.1) is 0 Å². The molecule has 0 spiro atoms. The van der Waals surface area contributed by atoms with E-state index < -0.39 is 0 Å². The van der Waals surface area contributed by atoms with Gasteiger partial charge in [-0.3, -0.25) is 4.99 Å². The Morgan fingerprint density at radius 1 is 1.32 bits per heavy atom. The fourth-order valence-electron chi connectivity index (χ4n) is 3.24. The lowest BCUT2D eigenvalue weighted by molar-refractivity contribution is 0.431. The van der Waals surface area contributed by atoms with Gasteiger partial charge in [0.15, 0.2) is 5.96 Å². The topological polar surface area (TPSA) is 36.4 Å². The Morgan fingerprint density at radius 2 is 2.09 bits per heavy atom. The first kappa shape index (κ1) is 15.7. The van der Waals surface area contributed by atoms with Crippen molar-refractivity contribution >= 4 is 17.7 Å². The van der Waals surface area contributed by atoms with Crippen LogP contribution in [0.5, 0.6) is 0 Å². The van der Waals surface area contributed by atoms with Gasteiger partial charge in [-0.1, -0.05) is 12.1 Å². The molecule has 1 aromatic carbocycles. The molecule has 0 aliphatic heterocycles. The van der Waals surface area contributed by atoms with Gasteiger partial charge in [0.1, 0.15) is 0 Å². The molecule has 22 heavy (non-hydrogen) atoms. The van der Waals surface area contributed by atoms with Gasteiger partial charge >= 0.3 is 0 Å². The Bertz CT molecular complexity index is 559. The standard InChI is InChI=1S/C18H27N3S/c1-13-4-5-14(16(10-13)22-3)11-20-17(19-2)21-12-18(8-9-18)15-6-7-15/h4-5,10,15H,6-9,11-12H2,1-3H3,(H2,19,20,21). The van der Waals surface area contributed by atoms with E-state index in [2.05, 4.69) is 47.0 Å². The van der Waals surface area contributed by atoms with Gasteiger partial charge in [0.25, 0.3) is 0 Å². The number of hydrogen-bond donors (Lipinski definition) is 2. The van der Waals surface area contributed by atoms with Crippen molar-refractivity contribution in [1.82, 2.24) is 10.6 Å². The van der Waals surface area contributed by atoms with Gasteiger partial charge in [-0.25, -0.2) is 0 Å². The van der Waals surface area contributed by atoms with Crippen LogP contribution in [0.3, 0.4) is 0 Å². The van der Waals surface area contributed by atoms with Crippen molar-refractivity contribution < 1.29 is 0 Å². The third kappa shape index (κ3) is 3.60. The Balaban J connectivity index is 1.53. The molecule has 1 aromatic rings. The summed E-state index contributed by atoms with van der Waals surface area (Å²) >= 11 is 1.81. The lowest BCUT2D eigenvalue weighted by Crippen LogP contribution is -2.40. The summed E-state index contributed by atoms with van der Waals surface area (Å²) in [4.78, 5) is 5.72. The molecule has 0 aromatic heterocycles. The summed E-state index contributed by atoms with van der Waals surface area (Å²) in [6.07, 6.45) is 7.81. The molecular weight excluding hydrogens is 290 g/mol. The van der Waals surface area contributed by atoms with E-state index in [1.54, 1.807) is 0 Å². The summed E-state index contributed by atoms with van der Waals surface area (Å²) in [7, 11) is 1.86. The molecule has 2 fully saturated rings. The quantitative estimate of drug-likeness (QED) is 0.478. The molecule has 3 rings (SSSR count). The predicted molar refractivity (Wildman–Crippen MR) is 95.6 cm³/mol. The Morgan fingerprint density at radius 3 is 2.68 bits per heavy atom. The van der Waals surface area contributed by atoms with Gasteiger partial charge in [0, 0.05) is 25.0 Å². The Labute approximate surface area is 138 Å². The lowest BCUT2D eigenvalue weighted by atomic mass is 10.0. The number of hydrogen-bond acceptors (Lipinski definition) is 2. The van der Waals surface area contributed by atoms with Crippen molar-refractivity contribution in [3.8, 4) is 0 Å². The molecule has 3 nitrogen and oxygen atoms in total. The molecule has 0 amide bonds. The van der Waals surface area contributed by atoms with Crippen LogP contribution in [0.15, 0.2) is 28.1 Å². The van der Waals surface area contributed by atoms with E-state index in [9.17, 15) is 0 Å². The summed E-state index contributed by atoms with van der Waals surface area (Å²) in [6, 6.07) is 6.65. The van der Waals surface area contributed by atoms with Crippen molar-refractivity contribution in [2.45, 2.75) is 44.0 Å². The molecule has 0 heterocycles. The third-order valence-corrected chi connectivity index (χ3v) is 5.88. The number of aryl methyl sites for hydroxylation is 1. The highest BCUT2D eigenvalue weighted by Crippen LogP contribution is 2.60. The number of benzene rings is 1. The summed E-state index contributed by atoms with van der Waals surface area (Å²) in [5.74, 6) is 1.91. The third-order valence-electron chi connectivity index (χ3n) is 5.06.